The molecule has 0 atom stereocenters. The molecule has 16 heavy (non-hydrogen) atoms. The van der Waals surface area contributed by atoms with Crippen molar-refractivity contribution in [1.29, 1.82) is 0 Å². The Hall–Kier alpha value is -0.160. The van der Waals surface area contributed by atoms with Gasteiger partial charge in [0.05, 0.1) is 13.2 Å². The Morgan fingerprint density at radius 2 is 2.00 bits per heavy atom. The van der Waals surface area contributed by atoms with Crippen molar-refractivity contribution < 1.29 is 9.84 Å². The van der Waals surface area contributed by atoms with Crippen LogP contribution in [0.3, 0.4) is 0 Å². The van der Waals surface area contributed by atoms with Crippen LogP contribution in [-0.2, 0) is 4.74 Å². The van der Waals surface area contributed by atoms with Crippen LogP contribution in [0.25, 0.3) is 0 Å². The molecule has 1 saturated carbocycles. The van der Waals surface area contributed by atoms with Crippen LogP contribution in [0.5, 0.6) is 0 Å². The summed E-state index contributed by atoms with van der Waals surface area (Å²) in [5.74, 6) is 0. The molecule has 0 aromatic rings. The molecule has 0 bridgehead atoms. The van der Waals surface area contributed by atoms with Gasteiger partial charge in [-0.2, -0.15) is 0 Å². The molecule has 1 aliphatic heterocycles. The van der Waals surface area contributed by atoms with Gasteiger partial charge in [0.15, 0.2) is 0 Å². The summed E-state index contributed by atoms with van der Waals surface area (Å²) in [4.78, 5) is 2.43. The Morgan fingerprint density at radius 3 is 2.56 bits per heavy atom. The van der Waals surface area contributed by atoms with E-state index in [-0.39, 0.29) is 5.41 Å². The minimum atomic E-state index is 0.213. The summed E-state index contributed by atoms with van der Waals surface area (Å²) >= 11 is 0. The Labute approximate surface area is 98.0 Å². The minimum absolute atomic E-state index is 0.213. The van der Waals surface area contributed by atoms with E-state index in [9.17, 15) is 5.11 Å². The molecular weight excluding hydrogens is 204 g/mol. The molecule has 94 valence electrons. The lowest BCUT2D eigenvalue weighted by molar-refractivity contribution is 0.0323. The predicted molar refractivity (Wildman–Crippen MR) is 63.5 cm³/mol. The lowest BCUT2D eigenvalue weighted by Crippen LogP contribution is -2.46. The zero-order valence-electron chi connectivity index (χ0n) is 10.1. The summed E-state index contributed by atoms with van der Waals surface area (Å²) in [7, 11) is 0. The molecule has 0 spiro atoms. The van der Waals surface area contributed by atoms with Crippen molar-refractivity contribution in [3.8, 4) is 0 Å². The molecule has 2 N–H and O–H groups in total. The van der Waals surface area contributed by atoms with Gasteiger partial charge in [-0.25, -0.2) is 0 Å². The maximum atomic E-state index is 9.32. The fraction of sp³-hybridized carbons (Fsp3) is 1.00. The highest BCUT2D eigenvalue weighted by Crippen LogP contribution is 2.39. The summed E-state index contributed by atoms with van der Waals surface area (Å²) in [6, 6.07) is 0. The zero-order valence-corrected chi connectivity index (χ0v) is 10.1. The van der Waals surface area contributed by atoms with Crippen LogP contribution in [0.1, 0.15) is 19.3 Å². The predicted octanol–water partition coefficient (Wildman–Crippen LogP) is 0.0708. The van der Waals surface area contributed by atoms with Crippen molar-refractivity contribution in [2.45, 2.75) is 19.3 Å². The van der Waals surface area contributed by atoms with E-state index in [0.29, 0.717) is 6.61 Å². The molecule has 4 nitrogen and oxygen atoms in total. The van der Waals surface area contributed by atoms with Crippen molar-refractivity contribution in [3.05, 3.63) is 0 Å². The number of hydrogen-bond donors (Lipinski definition) is 2. The van der Waals surface area contributed by atoms with Gasteiger partial charge in [-0.1, -0.05) is 6.42 Å². The van der Waals surface area contributed by atoms with Crippen molar-refractivity contribution in [1.82, 2.24) is 10.2 Å². The topological polar surface area (TPSA) is 44.7 Å². The summed E-state index contributed by atoms with van der Waals surface area (Å²) < 4.78 is 5.31. The molecule has 1 saturated heterocycles. The summed E-state index contributed by atoms with van der Waals surface area (Å²) in [5, 5.41) is 12.8. The molecule has 4 heteroatoms. The highest BCUT2D eigenvalue weighted by Gasteiger charge is 2.35. The maximum Gasteiger partial charge on any atom is 0.0594 e. The van der Waals surface area contributed by atoms with Crippen LogP contribution in [-0.4, -0.2) is 62.6 Å². The van der Waals surface area contributed by atoms with Gasteiger partial charge in [0, 0.05) is 44.7 Å². The van der Waals surface area contributed by atoms with E-state index in [2.05, 4.69) is 10.2 Å². The standard InChI is InChI=1S/C12H24N2O2/c15-11-12(2-1-3-12)10-13-4-5-14-6-8-16-9-7-14/h13,15H,1-11H2. The Balaban J connectivity index is 1.54. The fourth-order valence-corrected chi connectivity index (χ4v) is 2.48. The average molecular weight is 228 g/mol. The van der Waals surface area contributed by atoms with Crippen LogP contribution >= 0.6 is 0 Å². The first-order chi connectivity index (χ1) is 7.85. The van der Waals surface area contributed by atoms with E-state index in [1.54, 1.807) is 0 Å². The summed E-state index contributed by atoms with van der Waals surface area (Å²) in [6.45, 7) is 7.33. The van der Waals surface area contributed by atoms with Crippen LogP contribution in [0.2, 0.25) is 0 Å². The first kappa shape index (κ1) is 12.3. The second-order valence-corrected chi connectivity index (χ2v) is 5.14. The number of rotatable bonds is 6. The second kappa shape index (κ2) is 5.96. The van der Waals surface area contributed by atoms with Gasteiger partial charge < -0.3 is 15.2 Å². The largest absolute Gasteiger partial charge is 0.396 e. The molecule has 0 unspecified atom stereocenters. The third-order valence-corrected chi connectivity index (χ3v) is 3.96. The van der Waals surface area contributed by atoms with Crippen molar-refractivity contribution in [2.75, 3.05) is 52.5 Å². The van der Waals surface area contributed by atoms with E-state index in [1.807, 2.05) is 0 Å². The number of nitrogens with zero attached hydrogens (tertiary/aromatic N) is 1. The molecular formula is C12H24N2O2. The van der Waals surface area contributed by atoms with Crippen molar-refractivity contribution in [2.24, 2.45) is 5.41 Å². The van der Waals surface area contributed by atoms with Gasteiger partial charge in [0.25, 0.3) is 0 Å². The quantitative estimate of drug-likeness (QED) is 0.632. The average Bonchev–Trinajstić information content (AvgIpc) is 2.29. The van der Waals surface area contributed by atoms with E-state index in [4.69, 9.17) is 4.74 Å². The monoisotopic (exact) mass is 228 g/mol. The number of aliphatic hydroxyl groups excluding tert-OH is 1. The number of nitrogens with one attached hydrogen (secondary N) is 1. The molecule has 2 rings (SSSR count). The van der Waals surface area contributed by atoms with Gasteiger partial charge in [-0.05, 0) is 12.8 Å². The zero-order chi connectivity index (χ0) is 11.3. The normalized spacial score (nSPS) is 25.3. The van der Waals surface area contributed by atoms with E-state index in [1.165, 1.54) is 19.3 Å². The number of ether oxygens (including phenoxy) is 1. The van der Waals surface area contributed by atoms with E-state index in [0.717, 1.165) is 45.9 Å². The van der Waals surface area contributed by atoms with Gasteiger partial charge in [-0.15, -0.1) is 0 Å². The van der Waals surface area contributed by atoms with Gasteiger partial charge in [-0.3, -0.25) is 4.90 Å². The Bertz CT molecular complexity index is 196. The second-order valence-electron chi connectivity index (χ2n) is 5.14. The SMILES string of the molecule is OCC1(CNCCN2CCOCC2)CCC1. The molecule has 2 aliphatic rings. The first-order valence-corrected chi connectivity index (χ1v) is 6.46. The Kier molecular flexibility index (Phi) is 4.58. The van der Waals surface area contributed by atoms with Crippen LogP contribution < -0.4 is 5.32 Å². The van der Waals surface area contributed by atoms with Gasteiger partial charge in [0.1, 0.15) is 0 Å². The molecule has 0 aromatic carbocycles. The number of hydrogen-bond acceptors (Lipinski definition) is 4. The minimum Gasteiger partial charge on any atom is -0.396 e. The van der Waals surface area contributed by atoms with Crippen LogP contribution in [0, 0.1) is 5.41 Å². The molecule has 1 heterocycles. The lowest BCUT2D eigenvalue weighted by atomic mass is 9.69. The third kappa shape index (κ3) is 3.17. The fourth-order valence-electron chi connectivity index (χ4n) is 2.48. The maximum absolute atomic E-state index is 9.32. The Morgan fingerprint density at radius 1 is 1.25 bits per heavy atom. The van der Waals surface area contributed by atoms with Crippen molar-refractivity contribution in [3.63, 3.8) is 0 Å². The van der Waals surface area contributed by atoms with Gasteiger partial charge >= 0.3 is 0 Å². The van der Waals surface area contributed by atoms with E-state index < -0.39 is 0 Å². The molecule has 1 aliphatic carbocycles. The lowest BCUT2D eigenvalue weighted by Gasteiger charge is -2.40. The molecule has 0 amide bonds. The third-order valence-electron chi connectivity index (χ3n) is 3.96. The molecule has 2 fully saturated rings. The van der Waals surface area contributed by atoms with Gasteiger partial charge in [0.2, 0.25) is 0 Å². The number of aliphatic hydroxyl groups is 1. The molecule has 0 radical (unpaired) electrons. The first-order valence-electron chi connectivity index (χ1n) is 6.46. The number of morpholine rings is 1. The summed E-state index contributed by atoms with van der Waals surface area (Å²) in [5.41, 5.74) is 0.213. The smallest absolute Gasteiger partial charge is 0.0594 e. The van der Waals surface area contributed by atoms with Crippen LogP contribution in [0.15, 0.2) is 0 Å². The highest BCUT2D eigenvalue weighted by atomic mass is 16.5. The summed E-state index contributed by atoms with van der Waals surface area (Å²) in [6.07, 6.45) is 3.66. The van der Waals surface area contributed by atoms with Crippen LogP contribution in [0.4, 0.5) is 0 Å². The highest BCUT2D eigenvalue weighted by molar-refractivity contribution is 4.88. The molecule has 0 aromatic heterocycles. The van der Waals surface area contributed by atoms with Crippen molar-refractivity contribution >= 4 is 0 Å². The van der Waals surface area contributed by atoms with E-state index >= 15 is 0 Å².